The van der Waals surface area contributed by atoms with E-state index in [1.165, 1.54) is 21.2 Å². The summed E-state index contributed by atoms with van der Waals surface area (Å²) in [6.07, 6.45) is 1.90. The first-order valence-corrected chi connectivity index (χ1v) is 11.4. The lowest BCUT2D eigenvalue weighted by Crippen LogP contribution is -2.38. The van der Waals surface area contributed by atoms with E-state index in [1.54, 1.807) is 0 Å². The van der Waals surface area contributed by atoms with Gasteiger partial charge in [-0.25, -0.2) is 4.98 Å². The zero-order chi connectivity index (χ0) is 18.5. The van der Waals surface area contributed by atoms with Gasteiger partial charge in [-0.1, -0.05) is 23.9 Å². The number of para-hydroxylation sites is 1. The van der Waals surface area contributed by atoms with Crippen LogP contribution in [-0.4, -0.2) is 46.6 Å². The summed E-state index contributed by atoms with van der Waals surface area (Å²) >= 11 is 3.86. The Hall–Kier alpha value is -1.17. The summed E-state index contributed by atoms with van der Waals surface area (Å²) in [5, 5.41) is 0. The molecule has 0 aliphatic carbocycles. The molecule has 0 atom stereocenters. The lowest BCUT2D eigenvalue weighted by atomic mass is 10.2. The van der Waals surface area contributed by atoms with E-state index in [4.69, 9.17) is 0 Å². The second-order valence-corrected chi connectivity index (χ2v) is 9.39. The van der Waals surface area contributed by atoms with Crippen molar-refractivity contribution in [1.82, 2.24) is 9.88 Å². The predicted octanol–water partition coefficient (Wildman–Crippen LogP) is 5.54. The average Bonchev–Trinajstić information content (AvgIpc) is 2.63. The van der Waals surface area contributed by atoms with Crippen LogP contribution >= 0.6 is 23.5 Å². The Kier molecular flexibility index (Phi) is 6.90. The minimum absolute atomic E-state index is 0.609. The second-order valence-electron chi connectivity index (χ2n) is 7.08. The highest BCUT2D eigenvalue weighted by atomic mass is 32.2. The molecular formula is C21H29N3S2. The maximum atomic E-state index is 4.66. The normalized spacial score (nSPS) is 13.4. The Balaban J connectivity index is 1.60. The molecule has 5 heteroatoms. The summed E-state index contributed by atoms with van der Waals surface area (Å²) in [4.78, 5) is 12.2. The van der Waals surface area contributed by atoms with Crippen molar-refractivity contribution in [3.05, 3.63) is 42.6 Å². The molecule has 1 aliphatic rings. The number of hydrogen-bond donors (Lipinski definition) is 0. The largest absolute Gasteiger partial charge is 0.324 e. The number of rotatable bonds is 8. The summed E-state index contributed by atoms with van der Waals surface area (Å²) in [6, 6.07) is 14.1. The van der Waals surface area contributed by atoms with Gasteiger partial charge in [0.05, 0.1) is 10.6 Å². The molecule has 1 aromatic heterocycles. The first-order chi connectivity index (χ1) is 12.6. The molecular weight excluding hydrogens is 358 g/mol. The molecule has 1 aromatic carbocycles. The van der Waals surface area contributed by atoms with Crippen LogP contribution in [0.15, 0.2) is 52.4 Å². The molecule has 0 saturated heterocycles. The number of aromatic nitrogens is 1. The van der Waals surface area contributed by atoms with E-state index >= 15 is 0 Å². The number of hydrogen-bond acceptors (Lipinski definition) is 5. The maximum Gasteiger partial charge on any atom is 0.147 e. The third-order valence-corrected chi connectivity index (χ3v) is 6.71. The molecule has 2 heterocycles. The van der Waals surface area contributed by atoms with E-state index in [2.05, 4.69) is 72.8 Å². The zero-order valence-electron chi connectivity index (χ0n) is 16.2. The van der Waals surface area contributed by atoms with Crippen molar-refractivity contribution < 1.29 is 0 Å². The van der Waals surface area contributed by atoms with Gasteiger partial charge >= 0.3 is 0 Å². The molecule has 0 N–H and O–H groups in total. The molecule has 0 amide bonds. The van der Waals surface area contributed by atoms with Gasteiger partial charge in [0.2, 0.25) is 0 Å². The molecule has 3 rings (SSSR count). The Morgan fingerprint density at radius 3 is 2.50 bits per heavy atom. The molecule has 3 nitrogen and oxygen atoms in total. The van der Waals surface area contributed by atoms with Crippen molar-refractivity contribution in [2.75, 3.05) is 29.5 Å². The summed E-state index contributed by atoms with van der Waals surface area (Å²) in [6.45, 7) is 11.3. The fourth-order valence-corrected chi connectivity index (χ4v) is 5.35. The minimum Gasteiger partial charge on any atom is -0.324 e. The molecule has 0 unspecified atom stereocenters. The molecule has 2 aromatic rings. The predicted molar refractivity (Wildman–Crippen MR) is 116 cm³/mol. The van der Waals surface area contributed by atoms with Gasteiger partial charge in [0.1, 0.15) is 5.82 Å². The van der Waals surface area contributed by atoms with Crippen LogP contribution in [0.4, 0.5) is 11.5 Å². The molecule has 0 radical (unpaired) electrons. The van der Waals surface area contributed by atoms with E-state index in [0.29, 0.717) is 12.1 Å². The highest BCUT2D eigenvalue weighted by Gasteiger charge is 2.23. The average molecular weight is 388 g/mol. The van der Waals surface area contributed by atoms with Crippen LogP contribution < -0.4 is 4.90 Å². The van der Waals surface area contributed by atoms with E-state index < -0.39 is 0 Å². The highest BCUT2D eigenvalue weighted by molar-refractivity contribution is 7.99. The second kappa shape index (κ2) is 9.16. The standard InChI is InChI=1S/C21H29N3S2/c1-16(2)23(17(3)4)12-14-25-15-13-24-18-8-5-6-9-19(18)26-20-10-7-11-22-21(20)24/h5-11,16-17H,12-15H2,1-4H3. The van der Waals surface area contributed by atoms with Gasteiger partial charge in [-0.3, -0.25) is 4.90 Å². The van der Waals surface area contributed by atoms with Crippen LogP contribution in [0.5, 0.6) is 0 Å². The van der Waals surface area contributed by atoms with Crippen LogP contribution in [0.1, 0.15) is 27.7 Å². The fourth-order valence-electron chi connectivity index (χ4n) is 3.43. The van der Waals surface area contributed by atoms with Gasteiger partial charge in [0.15, 0.2) is 0 Å². The molecule has 140 valence electrons. The Labute approximate surface area is 166 Å². The summed E-state index contributed by atoms with van der Waals surface area (Å²) < 4.78 is 0. The topological polar surface area (TPSA) is 19.4 Å². The summed E-state index contributed by atoms with van der Waals surface area (Å²) in [5.41, 5.74) is 1.29. The van der Waals surface area contributed by atoms with Gasteiger partial charge in [-0.2, -0.15) is 11.8 Å². The summed E-state index contributed by atoms with van der Waals surface area (Å²) in [7, 11) is 0. The smallest absolute Gasteiger partial charge is 0.147 e. The van der Waals surface area contributed by atoms with Crippen molar-refractivity contribution in [3.63, 3.8) is 0 Å². The quantitative estimate of drug-likeness (QED) is 0.553. The molecule has 0 saturated carbocycles. The van der Waals surface area contributed by atoms with Gasteiger partial charge in [0.25, 0.3) is 0 Å². The number of anilines is 2. The number of nitrogens with zero attached hydrogens (tertiary/aromatic N) is 3. The van der Waals surface area contributed by atoms with E-state index in [1.807, 2.05) is 35.8 Å². The third-order valence-electron chi connectivity index (χ3n) is 4.66. The van der Waals surface area contributed by atoms with Gasteiger partial charge in [0, 0.05) is 47.8 Å². The monoisotopic (exact) mass is 387 g/mol. The Morgan fingerprint density at radius 2 is 1.73 bits per heavy atom. The van der Waals surface area contributed by atoms with Crippen LogP contribution in [0.25, 0.3) is 0 Å². The zero-order valence-corrected chi connectivity index (χ0v) is 17.8. The van der Waals surface area contributed by atoms with E-state index in [-0.39, 0.29) is 0 Å². The van der Waals surface area contributed by atoms with Crippen LogP contribution in [0.3, 0.4) is 0 Å². The maximum absolute atomic E-state index is 4.66. The number of fused-ring (bicyclic) bond motifs is 2. The van der Waals surface area contributed by atoms with E-state index in [0.717, 1.165) is 24.7 Å². The van der Waals surface area contributed by atoms with Crippen molar-refractivity contribution in [1.29, 1.82) is 0 Å². The first-order valence-electron chi connectivity index (χ1n) is 9.41. The Bertz CT molecular complexity index is 664. The molecule has 0 spiro atoms. The first kappa shape index (κ1) is 19.6. The number of thioether (sulfide) groups is 1. The van der Waals surface area contributed by atoms with E-state index in [9.17, 15) is 0 Å². The van der Waals surface area contributed by atoms with Crippen molar-refractivity contribution >= 4 is 35.0 Å². The number of benzene rings is 1. The van der Waals surface area contributed by atoms with Gasteiger partial charge < -0.3 is 4.90 Å². The molecule has 26 heavy (non-hydrogen) atoms. The third kappa shape index (κ3) is 4.56. The van der Waals surface area contributed by atoms with Gasteiger partial charge in [-0.05, 0) is 52.0 Å². The fraction of sp³-hybridized carbons (Fsp3) is 0.476. The van der Waals surface area contributed by atoms with Crippen LogP contribution in [0, 0.1) is 0 Å². The summed E-state index contributed by atoms with van der Waals surface area (Å²) in [5.74, 6) is 3.39. The lowest BCUT2D eigenvalue weighted by Gasteiger charge is -2.32. The highest BCUT2D eigenvalue weighted by Crippen LogP contribution is 2.46. The minimum atomic E-state index is 0.609. The number of pyridine rings is 1. The van der Waals surface area contributed by atoms with Crippen molar-refractivity contribution in [2.45, 2.75) is 49.6 Å². The Morgan fingerprint density at radius 1 is 1.00 bits per heavy atom. The SMILES string of the molecule is CC(C)N(CCSCCN1c2ccccc2Sc2cccnc21)C(C)C. The van der Waals surface area contributed by atoms with Gasteiger partial charge in [-0.15, -0.1) is 0 Å². The van der Waals surface area contributed by atoms with Crippen molar-refractivity contribution in [2.24, 2.45) is 0 Å². The van der Waals surface area contributed by atoms with Crippen LogP contribution in [0.2, 0.25) is 0 Å². The van der Waals surface area contributed by atoms with Crippen molar-refractivity contribution in [3.8, 4) is 0 Å². The van der Waals surface area contributed by atoms with Crippen LogP contribution in [-0.2, 0) is 0 Å². The molecule has 1 aliphatic heterocycles. The molecule has 0 bridgehead atoms. The lowest BCUT2D eigenvalue weighted by molar-refractivity contribution is 0.187. The molecule has 0 fully saturated rings.